The van der Waals surface area contributed by atoms with Gasteiger partial charge in [0, 0.05) is 12.6 Å². The third kappa shape index (κ3) is 3.45. The quantitative estimate of drug-likeness (QED) is 0.845. The largest absolute Gasteiger partial charge is 0.329 e. The molecule has 0 aliphatic rings. The Bertz CT molecular complexity index is 566. The predicted octanol–water partition coefficient (Wildman–Crippen LogP) is 2.53. The van der Waals surface area contributed by atoms with E-state index >= 15 is 0 Å². The maximum absolute atomic E-state index is 12.4. The average Bonchev–Trinajstić information content (AvgIpc) is 2.48. The van der Waals surface area contributed by atoms with Crippen LogP contribution < -0.4 is 5.32 Å². The van der Waals surface area contributed by atoms with Gasteiger partial charge >= 0.3 is 0 Å². The van der Waals surface area contributed by atoms with Gasteiger partial charge in [0.25, 0.3) is 5.91 Å². The van der Waals surface area contributed by atoms with Crippen molar-refractivity contribution in [3.63, 3.8) is 0 Å². The van der Waals surface area contributed by atoms with Crippen molar-refractivity contribution in [2.45, 2.75) is 6.42 Å². The highest BCUT2D eigenvalue weighted by molar-refractivity contribution is 5.95. The molecule has 2 aromatic carbocycles. The fraction of sp³-hybridized carbons (Fsp3) is 0.235. The number of rotatable bonds is 5. The van der Waals surface area contributed by atoms with Crippen molar-refractivity contribution in [3.05, 3.63) is 71.3 Å². The van der Waals surface area contributed by atoms with Gasteiger partial charge in [-0.3, -0.25) is 4.79 Å². The first-order valence-electron chi connectivity index (χ1n) is 6.74. The molecule has 1 amide bonds. The molecule has 3 heteroatoms. The molecule has 2 rings (SSSR count). The Morgan fingerprint density at radius 1 is 1.05 bits per heavy atom. The normalized spacial score (nSPS) is 10.3. The topological polar surface area (TPSA) is 32.3 Å². The van der Waals surface area contributed by atoms with Crippen molar-refractivity contribution in [1.29, 1.82) is 0 Å². The van der Waals surface area contributed by atoms with Crippen molar-refractivity contribution in [3.8, 4) is 0 Å². The molecule has 0 radical (unpaired) electrons. The summed E-state index contributed by atoms with van der Waals surface area (Å²) < 4.78 is 0. The summed E-state index contributed by atoms with van der Waals surface area (Å²) >= 11 is 0. The summed E-state index contributed by atoms with van der Waals surface area (Å²) in [7, 11) is 3.64. The van der Waals surface area contributed by atoms with Gasteiger partial charge < -0.3 is 10.2 Å². The number of carbonyl (C=O) groups is 1. The summed E-state index contributed by atoms with van der Waals surface area (Å²) in [5, 5.41) is 2.99. The Labute approximate surface area is 120 Å². The van der Waals surface area contributed by atoms with Gasteiger partial charge in [-0.2, -0.15) is 0 Å². The van der Waals surface area contributed by atoms with Gasteiger partial charge in [-0.25, -0.2) is 0 Å². The fourth-order valence-electron chi connectivity index (χ4n) is 2.21. The van der Waals surface area contributed by atoms with Gasteiger partial charge in [0.15, 0.2) is 0 Å². The predicted molar refractivity (Wildman–Crippen MR) is 81.7 cm³/mol. The minimum absolute atomic E-state index is 0.0471. The van der Waals surface area contributed by atoms with Crippen LogP contribution in [-0.4, -0.2) is 31.6 Å². The Morgan fingerprint density at radius 2 is 1.70 bits per heavy atom. The monoisotopic (exact) mass is 268 g/mol. The Hall–Kier alpha value is -2.13. The molecule has 2 aromatic rings. The molecule has 104 valence electrons. The smallest absolute Gasteiger partial charge is 0.254 e. The molecule has 0 bridgehead atoms. The maximum atomic E-state index is 12.4. The molecule has 0 fully saturated rings. The van der Waals surface area contributed by atoms with Crippen LogP contribution in [0, 0.1) is 0 Å². The van der Waals surface area contributed by atoms with Gasteiger partial charge in [-0.15, -0.1) is 0 Å². The summed E-state index contributed by atoms with van der Waals surface area (Å²) in [4.78, 5) is 14.1. The lowest BCUT2D eigenvalue weighted by molar-refractivity contribution is 0.0786. The molecule has 0 heterocycles. The lowest BCUT2D eigenvalue weighted by Gasteiger charge is -2.18. The molecular formula is C17H20N2O. The number of nitrogens with zero attached hydrogens (tertiary/aromatic N) is 1. The zero-order valence-corrected chi connectivity index (χ0v) is 12.0. The Kier molecular flexibility index (Phi) is 4.91. The second-order valence-electron chi connectivity index (χ2n) is 4.83. The molecule has 20 heavy (non-hydrogen) atoms. The number of nitrogens with one attached hydrogen (secondary N) is 1. The van der Waals surface area contributed by atoms with Crippen LogP contribution in [0.5, 0.6) is 0 Å². The van der Waals surface area contributed by atoms with E-state index in [0.29, 0.717) is 6.67 Å². The highest BCUT2D eigenvalue weighted by Gasteiger charge is 2.14. The maximum Gasteiger partial charge on any atom is 0.254 e. The number of hydrogen-bond acceptors (Lipinski definition) is 2. The summed E-state index contributed by atoms with van der Waals surface area (Å²) in [6, 6.07) is 18.0. The van der Waals surface area contributed by atoms with Crippen LogP contribution in [0.1, 0.15) is 21.5 Å². The number of hydrogen-bond donors (Lipinski definition) is 1. The zero-order chi connectivity index (χ0) is 14.4. The van der Waals surface area contributed by atoms with E-state index in [9.17, 15) is 4.79 Å². The summed E-state index contributed by atoms with van der Waals surface area (Å²) in [5.74, 6) is 0.0471. The fourth-order valence-corrected chi connectivity index (χ4v) is 2.21. The molecule has 0 saturated heterocycles. The molecule has 0 aromatic heterocycles. The van der Waals surface area contributed by atoms with Crippen LogP contribution >= 0.6 is 0 Å². The molecule has 0 atom stereocenters. The lowest BCUT2D eigenvalue weighted by atomic mass is 9.99. The van der Waals surface area contributed by atoms with E-state index in [0.717, 1.165) is 17.5 Å². The first-order chi connectivity index (χ1) is 9.72. The second-order valence-corrected chi connectivity index (χ2v) is 4.83. The van der Waals surface area contributed by atoms with Gasteiger partial charge in [0.2, 0.25) is 0 Å². The summed E-state index contributed by atoms with van der Waals surface area (Å²) in [5.41, 5.74) is 3.05. The van der Waals surface area contributed by atoms with E-state index in [1.807, 2.05) is 49.5 Å². The molecule has 0 unspecified atom stereocenters. The second kappa shape index (κ2) is 6.87. The standard InChI is InChI=1S/C17H20N2O/c1-18-13-19(2)17(20)16-11-7-6-10-15(16)12-14-8-4-3-5-9-14/h3-11,18H,12-13H2,1-2H3. The van der Waals surface area contributed by atoms with E-state index in [2.05, 4.69) is 17.4 Å². The van der Waals surface area contributed by atoms with Gasteiger partial charge in [0.1, 0.15) is 0 Å². The van der Waals surface area contributed by atoms with Crippen LogP contribution in [0.4, 0.5) is 0 Å². The summed E-state index contributed by atoms with van der Waals surface area (Å²) in [6.07, 6.45) is 0.774. The minimum Gasteiger partial charge on any atom is -0.329 e. The van der Waals surface area contributed by atoms with Crippen molar-refractivity contribution in [1.82, 2.24) is 10.2 Å². The molecule has 1 N–H and O–H groups in total. The number of benzene rings is 2. The van der Waals surface area contributed by atoms with Crippen LogP contribution in [0.3, 0.4) is 0 Å². The van der Waals surface area contributed by atoms with Crippen LogP contribution in [-0.2, 0) is 6.42 Å². The van der Waals surface area contributed by atoms with Gasteiger partial charge in [0.05, 0.1) is 6.67 Å². The lowest BCUT2D eigenvalue weighted by Crippen LogP contribution is -2.34. The molecule has 0 aliphatic heterocycles. The Balaban J connectivity index is 2.24. The number of amides is 1. The Morgan fingerprint density at radius 3 is 2.40 bits per heavy atom. The summed E-state index contributed by atoms with van der Waals surface area (Å²) in [6.45, 7) is 0.540. The van der Waals surface area contributed by atoms with E-state index < -0.39 is 0 Å². The van der Waals surface area contributed by atoms with Crippen LogP contribution in [0.15, 0.2) is 54.6 Å². The third-order valence-corrected chi connectivity index (χ3v) is 3.23. The van der Waals surface area contributed by atoms with Crippen LogP contribution in [0.25, 0.3) is 0 Å². The van der Waals surface area contributed by atoms with Crippen molar-refractivity contribution in [2.75, 3.05) is 20.8 Å². The van der Waals surface area contributed by atoms with E-state index in [4.69, 9.17) is 0 Å². The van der Waals surface area contributed by atoms with Crippen molar-refractivity contribution < 1.29 is 4.79 Å². The first-order valence-corrected chi connectivity index (χ1v) is 6.74. The van der Waals surface area contributed by atoms with E-state index in [1.54, 1.807) is 11.9 Å². The van der Waals surface area contributed by atoms with Crippen molar-refractivity contribution in [2.24, 2.45) is 0 Å². The van der Waals surface area contributed by atoms with Crippen LogP contribution in [0.2, 0.25) is 0 Å². The molecular weight excluding hydrogens is 248 g/mol. The molecule has 0 saturated carbocycles. The zero-order valence-electron chi connectivity index (χ0n) is 12.0. The van der Waals surface area contributed by atoms with Crippen molar-refractivity contribution >= 4 is 5.91 Å². The highest BCUT2D eigenvalue weighted by atomic mass is 16.2. The van der Waals surface area contributed by atoms with E-state index in [-0.39, 0.29) is 5.91 Å². The van der Waals surface area contributed by atoms with E-state index in [1.165, 1.54) is 5.56 Å². The molecule has 0 spiro atoms. The molecule has 0 aliphatic carbocycles. The third-order valence-electron chi connectivity index (χ3n) is 3.23. The molecule has 3 nitrogen and oxygen atoms in total. The van der Waals surface area contributed by atoms with Gasteiger partial charge in [-0.05, 0) is 30.7 Å². The number of carbonyl (C=O) groups excluding carboxylic acids is 1. The van der Waals surface area contributed by atoms with Gasteiger partial charge in [-0.1, -0.05) is 48.5 Å². The minimum atomic E-state index is 0.0471. The first kappa shape index (κ1) is 14.3. The SMILES string of the molecule is CNCN(C)C(=O)c1ccccc1Cc1ccccc1. The average molecular weight is 268 g/mol. The highest BCUT2D eigenvalue weighted by Crippen LogP contribution is 2.15.